The molecule has 0 spiro atoms. The van der Waals surface area contributed by atoms with Gasteiger partial charge in [-0.25, -0.2) is 0 Å². The number of ether oxygens (including phenoxy) is 2. The van der Waals surface area contributed by atoms with Gasteiger partial charge in [-0.3, -0.25) is 9.59 Å². The zero-order chi connectivity index (χ0) is 25.6. The van der Waals surface area contributed by atoms with Crippen molar-refractivity contribution in [3.63, 3.8) is 0 Å². The van der Waals surface area contributed by atoms with Gasteiger partial charge in [-0.2, -0.15) is 0 Å². The van der Waals surface area contributed by atoms with Gasteiger partial charge < -0.3 is 19.7 Å². The number of rotatable bonds is 15. The Bertz CT molecular complexity index is 944. The van der Waals surface area contributed by atoms with Crippen LogP contribution in [0.5, 0.6) is 11.5 Å². The number of nitrogens with one attached hydrogen (secondary N) is 1. The maximum absolute atomic E-state index is 13.5. The summed E-state index contributed by atoms with van der Waals surface area (Å²) in [6, 6.07) is 13.3. The van der Waals surface area contributed by atoms with Crippen LogP contribution in [0, 0.1) is 6.92 Å². The average molecular weight is 483 g/mol. The number of amides is 2. The molecule has 2 aromatic carbocycles. The van der Waals surface area contributed by atoms with E-state index in [0.29, 0.717) is 57.1 Å². The Morgan fingerprint density at radius 2 is 1.69 bits per heavy atom. The number of unbranched alkanes of at least 4 members (excludes halogenated alkanes) is 1. The van der Waals surface area contributed by atoms with Crippen LogP contribution in [0.2, 0.25) is 0 Å². The van der Waals surface area contributed by atoms with Crippen molar-refractivity contribution in [1.29, 1.82) is 0 Å². The van der Waals surface area contributed by atoms with Gasteiger partial charge in [-0.1, -0.05) is 50.6 Å². The highest BCUT2D eigenvalue weighted by Gasteiger charge is 2.28. The normalized spacial score (nSPS) is 11.6. The van der Waals surface area contributed by atoms with Crippen LogP contribution in [0.25, 0.3) is 0 Å². The van der Waals surface area contributed by atoms with Crippen LogP contribution in [0.4, 0.5) is 0 Å². The van der Waals surface area contributed by atoms with Crippen molar-refractivity contribution in [2.24, 2.45) is 0 Å². The van der Waals surface area contributed by atoms with Gasteiger partial charge in [0.15, 0.2) is 11.5 Å². The predicted octanol–water partition coefficient (Wildman–Crippen LogP) is 5.45. The van der Waals surface area contributed by atoms with Gasteiger partial charge >= 0.3 is 0 Å². The summed E-state index contributed by atoms with van der Waals surface area (Å²) >= 11 is 0. The third-order valence-electron chi connectivity index (χ3n) is 6.05. The fraction of sp³-hybridized carbons (Fsp3) is 0.517. The summed E-state index contributed by atoms with van der Waals surface area (Å²) in [6.07, 6.45) is 3.36. The van der Waals surface area contributed by atoms with E-state index in [1.54, 1.807) is 4.90 Å². The average Bonchev–Trinajstić information content (AvgIpc) is 2.85. The standard InChI is InChI=1S/C29H42N2O4/c1-6-10-19-30-29(33)25(7-2)31(21-24-14-12-11-13-22(24)5)28(32)18-16-23-15-17-26(34-8-3)27(20-23)35-9-4/h11-15,17,20,25H,6-10,16,18-19,21H2,1-5H3,(H,30,33)/t25-/m1/s1. The van der Waals surface area contributed by atoms with Crippen LogP contribution < -0.4 is 14.8 Å². The molecule has 0 fully saturated rings. The third kappa shape index (κ3) is 8.61. The van der Waals surface area contributed by atoms with E-state index in [0.717, 1.165) is 29.5 Å². The molecule has 192 valence electrons. The van der Waals surface area contributed by atoms with Crippen molar-refractivity contribution >= 4 is 11.8 Å². The van der Waals surface area contributed by atoms with Crippen molar-refractivity contribution in [3.8, 4) is 11.5 Å². The number of nitrogens with zero attached hydrogens (tertiary/aromatic N) is 1. The van der Waals surface area contributed by atoms with Crippen molar-refractivity contribution in [2.45, 2.75) is 79.3 Å². The lowest BCUT2D eigenvalue weighted by Gasteiger charge is -2.31. The van der Waals surface area contributed by atoms with Crippen LogP contribution in [0.1, 0.15) is 70.1 Å². The van der Waals surface area contributed by atoms with E-state index in [1.807, 2.05) is 70.2 Å². The Hall–Kier alpha value is -3.02. The molecule has 0 aliphatic carbocycles. The quantitative estimate of drug-likeness (QED) is 0.343. The first-order chi connectivity index (χ1) is 16.9. The second-order valence-electron chi connectivity index (χ2n) is 8.66. The molecular weight excluding hydrogens is 440 g/mol. The zero-order valence-electron chi connectivity index (χ0n) is 22.1. The second kappa shape index (κ2) is 15.1. The molecule has 0 radical (unpaired) electrons. The smallest absolute Gasteiger partial charge is 0.242 e. The van der Waals surface area contributed by atoms with Gasteiger partial charge in [0.25, 0.3) is 0 Å². The minimum atomic E-state index is -0.502. The van der Waals surface area contributed by atoms with Crippen LogP contribution in [-0.2, 0) is 22.6 Å². The van der Waals surface area contributed by atoms with Crippen LogP contribution >= 0.6 is 0 Å². The lowest BCUT2D eigenvalue weighted by molar-refractivity contribution is -0.141. The van der Waals surface area contributed by atoms with E-state index in [2.05, 4.69) is 12.2 Å². The number of benzene rings is 2. The molecule has 2 rings (SSSR count). The summed E-state index contributed by atoms with van der Waals surface area (Å²) in [5.41, 5.74) is 3.17. The minimum absolute atomic E-state index is 0.0300. The van der Waals surface area contributed by atoms with Gasteiger partial charge in [0.05, 0.1) is 13.2 Å². The third-order valence-corrected chi connectivity index (χ3v) is 6.05. The first kappa shape index (κ1) is 28.2. The molecule has 1 atom stereocenters. The van der Waals surface area contributed by atoms with E-state index in [4.69, 9.17) is 9.47 Å². The van der Waals surface area contributed by atoms with Crippen molar-refractivity contribution in [1.82, 2.24) is 10.2 Å². The van der Waals surface area contributed by atoms with E-state index in [9.17, 15) is 9.59 Å². The Morgan fingerprint density at radius 1 is 0.971 bits per heavy atom. The van der Waals surface area contributed by atoms with Gasteiger partial charge in [0.2, 0.25) is 11.8 Å². The summed E-state index contributed by atoms with van der Waals surface area (Å²) in [6.45, 7) is 12.1. The Morgan fingerprint density at radius 3 is 2.34 bits per heavy atom. The van der Waals surface area contributed by atoms with Crippen LogP contribution in [0.15, 0.2) is 42.5 Å². The van der Waals surface area contributed by atoms with E-state index >= 15 is 0 Å². The van der Waals surface area contributed by atoms with Gasteiger partial charge in [0, 0.05) is 19.5 Å². The first-order valence-corrected chi connectivity index (χ1v) is 12.9. The van der Waals surface area contributed by atoms with Crippen LogP contribution in [-0.4, -0.2) is 42.5 Å². The van der Waals surface area contributed by atoms with Gasteiger partial charge in [-0.15, -0.1) is 0 Å². The molecule has 0 saturated heterocycles. The number of carbonyl (C=O) groups excluding carboxylic acids is 2. The monoisotopic (exact) mass is 482 g/mol. The molecule has 1 N–H and O–H groups in total. The molecule has 0 unspecified atom stereocenters. The zero-order valence-corrected chi connectivity index (χ0v) is 22.1. The first-order valence-electron chi connectivity index (χ1n) is 12.9. The Balaban J connectivity index is 2.21. The highest BCUT2D eigenvalue weighted by Crippen LogP contribution is 2.29. The summed E-state index contributed by atoms with van der Waals surface area (Å²) in [5, 5.41) is 3.02. The highest BCUT2D eigenvalue weighted by atomic mass is 16.5. The van der Waals surface area contributed by atoms with Gasteiger partial charge in [0.1, 0.15) is 6.04 Å². The highest BCUT2D eigenvalue weighted by molar-refractivity contribution is 5.87. The summed E-state index contributed by atoms with van der Waals surface area (Å²) < 4.78 is 11.4. The predicted molar refractivity (Wildman–Crippen MR) is 141 cm³/mol. The summed E-state index contributed by atoms with van der Waals surface area (Å²) in [5.74, 6) is 1.29. The number of aryl methyl sites for hydroxylation is 2. The summed E-state index contributed by atoms with van der Waals surface area (Å²) in [4.78, 5) is 28.3. The Labute approximate surface area is 211 Å². The molecule has 6 heteroatoms. The minimum Gasteiger partial charge on any atom is -0.490 e. The van der Waals surface area contributed by atoms with E-state index < -0.39 is 6.04 Å². The Kier molecular flexibility index (Phi) is 12.2. The molecule has 6 nitrogen and oxygen atoms in total. The van der Waals surface area contributed by atoms with Crippen molar-refractivity contribution in [2.75, 3.05) is 19.8 Å². The summed E-state index contributed by atoms with van der Waals surface area (Å²) in [7, 11) is 0. The largest absolute Gasteiger partial charge is 0.490 e. The van der Waals surface area contributed by atoms with Crippen LogP contribution in [0.3, 0.4) is 0 Å². The van der Waals surface area contributed by atoms with E-state index in [-0.39, 0.29) is 11.8 Å². The molecule has 0 aliphatic rings. The molecule has 2 amide bonds. The molecule has 0 heterocycles. The second-order valence-corrected chi connectivity index (χ2v) is 8.66. The lowest BCUT2D eigenvalue weighted by atomic mass is 10.0. The fourth-order valence-corrected chi connectivity index (χ4v) is 4.04. The molecular formula is C29H42N2O4. The molecule has 0 aliphatic heterocycles. The lowest BCUT2D eigenvalue weighted by Crippen LogP contribution is -2.49. The number of hydrogen-bond acceptors (Lipinski definition) is 4. The topological polar surface area (TPSA) is 67.9 Å². The maximum atomic E-state index is 13.5. The molecule has 2 aromatic rings. The van der Waals surface area contributed by atoms with Gasteiger partial charge in [-0.05, 0) is 68.9 Å². The van der Waals surface area contributed by atoms with Crippen molar-refractivity contribution < 1.29 is 19.1 Å². The van der Waals surface area contributed by atoms with Crippen molar-refractivity contribution in [3.05, 3.63) is 59.2 Å². The molecule has 0 saturated carbocycles. The molecule has 35 heavy (non-hydrogen) atoms. The van der Waals surface area contributed by atoms with E-state index in [1.165, 1.54) is 0 Å². The number of carbonyl (C=O) groups is 2. The number of hydrogen-bond donors (Lipinski definition) is 1. The molecule has 0 aromatic heterocycles. The SMILES string of the molecule is CCCCNC(=O)[C@@H](CC)N(Cc1ccccc1C)C(=O)CCc1ccc(OCC)c(OCC)c1. The fourth-order valence-electron chi connectivity index (χ4n) is 4.04. The molecule has 0 bridgehead atoms. The maximum Gasteiger partial charge on any atom is 0.242 e.